The molecule has 0 N–H and O–H groups in total. The average Bonchev–Trinajstić information content (AvgIpc) is 2.43. The molecule has 0 spiro atoms. The average molecular weight is 292 g/mol. The number of para-hydroxylation sites is 1. The molecule has 2 aromatic rings. The number of benzene rings is 2. The zero-order valence-electron chi connectivity index (χ0n) is 10.5. The van der Waals surface area contributed by atoms with Gasteiger partial charge >= 0.3 is 0 Å². The van der Waals surface area contributed by atoms with Crippen molar-refractivity contribution in [2.75, 3.05) is 11.4 Å². The number of carbonyl (C=O) groups is 1. The molecule has 1 amide bonds. The molecule has 0 aliphatic rings. The fraction of sp³-hybridized carbons (Fsp3) is 0.133. The van der Waals surface area contributed by atoms with Crippen LogP contribution in [-0.2, 0) is 0 Å². The van der Waals surface area contributed by atoms with E-state index in [0.717, 1.165) is 10.6 Å². The van der Waals surface area contributed by atoms with Crippen LogP contribution >= 0.6 is 24.2 Å². The van der Waals surface area contributed by atoms with Crippen LogP contribution in [-0.4, -0.2) is 12.5 Å². The number of rotatable bonds is 3. The number of hydrogen-bond acceptors (Lipinski definition) is 2. The van der Waals surface area contributed by atoms with Crippen LogP contribution in [0, 0.1) is 0 Å². The number of thiol groups is 1. The molecule has 0 atom stereocenters. The molecular formula is C15H14ClNOS. The molecule has 0 radical (unpaired) electrons. The normalized spacial score (nSPS) is 10.3. The Bertz CT molecular complexity index is 586. The van der Waals surface area contributed by atoms with Gasteiger partial charge in [0.05, 0.1) is 10.6 Å². The number of nitrogens with zero attached hydrogens (tertiary/aromatic N) is 1. The van der Waals surface area contributed by atoms with Crippen molar-refractivity contribution in [3.8, 4) is 0 Å². The maximum Gasteiger partial charge on any atom is 0.259 e. The molecule has 0 fully saturated rings. The molecule has 2 nitrogen and oxygen atoms in total. The zero-order chi connectivity index (χ0) is 13.8. The molecule has 0 aliphatic carbocycles. The monoisotopic (exact) mass is 291 g/mol. The quantitative estimate of drug-likeness (QED) is 0.836. The Morgan fingerprint density at radius 2 is 1.89 bits per heavy atom. The first kappa shape index (κ1) is 14.0. The highest BCUT2D eigenvalue weighted by Crippen LogP contribution is 2.24. The van der Waals surface area contributed by atoms with Crippen molar-refractivity contribution in [3.63, 3.8) is 0 Å². The van der Waals surface area contributed by atoms with E-state index in [-0.39, 0.29) is 5.91 Å². The summed E-state index contributed by atoms with van der Waals surface area (Å²) in [6, 6.07) is 14.7. The van der Waals surface area contributed by atoms with Crippen LogP contribution < -0.4 is 4.90 Å². The van der Waals surface area contributed by atoms with Gasteiger partial charge in [0.1, 0.15) is 0 Å². The standard InChI is InChI=1S/C15H14ClNOS/c1-2-17(11-6-4-3-5-7-11)15(18)13-10-12(19)8-9-14(13)16/h3-10,19H,2H2,1H3. The highest BCUT2D eigenvalue weighted by molar-refractivity contribution is 7.80. The minimum atomic E-state index is -0.116. The van der Waals surface area contributed by atoms with Crippen LogP contribution in [0.3, 0.4) is 0 Å². The number of amides is 1. The topological polar surface area (TPSA) is 20.3 Å². The maximum absolute atomic E-state index is 12.6. The van der Waals surface area contributed by atoms with Crippen molar-refractivity contribution in [2.45, 2.75) is 11.8 Å². The summed E-state index contributed by atoms with van der Waals surface area (Å²) in [6.45, 7) is 2.51. The second-order valence-electron chi connectivity index (χ2n) is 4.05. The van der Waals surface area contributed by atoms with Crippen LogP contribution in [0.15, 0.2) is 53.4 Å². The third-order valence-electron chi connectivity index (χ3n) is 2.81. The lowest BCUT2D eigenvalue weighted by atomic mass is 10.1. The zero-order valence-corrected chi connectivity index (χ0v) is 12.2. The Morgan fingerprint density at radius 3 is 2.53 bits per heavy atom. The molecule has 0 saturated carbocycles. The van der Waals surface area contributed by atoms with Crippen molar-refractivity contribution >= 4 is 35.8 Å². The minimum absolute atomic E-state index is 0.116. The van der Waals surface area contributed by atoms with Gasteiger partial charge in [-0.05, 0) is 37.3 Å². The summed E-state index contributed by atoms with van der Waals surface area (Å²) in [6.07, 6.45) is 0. The first-order chi connectivity index (χ1) is 9.13. The second kappa shape index (κ2) is 6.13. The highest BCUT2D eigenvalue weighted by atomic mass is 35.5. The maximum atomic E-state index is 12.6. The molecule has 0 aliphatic heterocycles. The molecule has 98 valence electrons. The third-order valence-corrected chi connectivity index (χ3v) is 3.42. The predicted octanol–water partition coefficient (Wildman–Crippen LogP) is 4.30. The highest BCUT2D eigenvalue weighted by Gasteiger charge is 2.18. The minimum Gasteiger partial charge on any atom is -0.309 e. The summed E-state index contributed by atoms with van der Waals surface area (Å²) in [5.41, 5.74) is 1.33. The molecule has 19 heavy (non-hydrogen) atoms. The Hall–Kier alpha value is -1.45. The largest absolute Gasteiger partial charge is 0.309 e. The van der Waals surface area contributed by atoms with E-state index in [0.29, 0.717) is 17.1 Å². The Labute approximate surface area is 123 Å². The summed E-state index contributed by atoms with van der Waals surface area (Å²) in [5, 5.41) is 0.442. The molecule has 0 saturated heterocycles. The summed E-state index contributed by atoms with van der Waals surface area (Å²) < 4.78 is 0. The smallest absolute Gasteiger partial charge is 0.259 e. The molecule has 0 bridgehead atoms. The summed E-state index contributed by atoms with van der Waals surface area (Å²) in [4.78, 5) is 15.0. The number of hydrogen-bond donors (Lipinski definition) is 1. The van der Waals surface area contributed by atoms with Gasteiger partial charge in [0.2, 0.25) is 0 Å². The van der Waals surface area contributed by atoms with Gasteiger partial charge < -0.3 is 4.90 Å². The van der Waals surface area contributed by atoms with E-state index in [4.69, 9.17) is 11.6 Å². The van der Waals surface area contributed by atoms with Crippen molar-refractivity contribution < 1.29 is 4.79 Å². The van der Waals surface area contributed by atoms with Gasteiger partial charge in [-0.1, -0.05) is 29.8 Å². The van der Waals surface area contributed by atoms with Gasteiger partial charge in [-0.2, -0.15) is 0 Å². The number of anilines is 1. The van der Waals surface area contributed by atoms with E-state index in [1.165, 1.54) is 0 Å². The van der Waals surface area contributed by atoms with Gasteiger partial charge in [0.15, 0.2) is 0 Å². The fourth-order valence-electron chi connectivity index (χ4n) is 1.87. The number of carbonyl (C=O) groups excluding carboxylic acids is 1. The fourth-order valence-corrected chi connectivity index (χ4v) is 2.28. The summed E-state index contributed by atoms with van der Waals surface area (Å²) >= 11 is 10.3. The first-order valence-corrected chi connectivity index (χ1v) is 6.81. The van der Waals surface area contributed by atoms with Crippen molar-refractivity contribution in [2.24, 2.45) is 0 Å². The van der Waals surface area contributed by atoms with Crippen molar-refractivity contribution in [1.29, 1.82) is 0 Å². The molecule has 4 heteroatoms. The van der Waals surface area contributed by atoms with Crippen molar-refractivity contribution in [3.05, 3.63) is 59.1 Å². The van der Waals surface area contributed by atoms with Gasteiger partial charge in [-0.3, -0.25) is 4.79 Å². The molecule has 0 unspecified atom stereocenters. The summed E-state index contributed by atoms with van der Waals surface area (Å²) in [5.74, 6) is -0.116. The van der Waals surface area contributed by atoms with Gasteiger partial charge in [0.25, 0.3) is 5.91 Å². The van der Waals surface area contributed by atoms with Crippen LogP contribution in [0.4, 0.5) is 5.69 Å². The van der Waals surface area contributed by atoms with Gasteiger partial charge in [-0.25, -0.2) is 0 Å². The lowest BCUT2D eigenvalue weighted by Gasteiger charge is -2.21. The third kappa shape index (κ3) is 3.11. The molecule has 0 aromatic heterocycles. The van der Waals surface area contributed by atoms with E-state index >= 15 is 0 Å². The van der Waals surface area contributed by atoms with Crippen LogP contribution in [0.25, 0.3) is 0 Å². The molecule has 0 heterocycles. The Balaban J connectivity index is 2.39. The predicted molar refractivity (Wildman–Crippen MR) is 82.5 cm³/mol. The van der Waals surface area contributed by atoms with Gasteiger partial charge in [0, 0.05) is 17.1 Å². The number of halogens is 1. The lowest BCUT2D eigenvalue weighted by Crippen LogP contribution is -2.30. The van der Waals surface area contributed by atoms with E-state index in [9.17, 15) is 4.79 Å². The molecular weight excluding hydrogens is 278 g/mol. The molecule has 2 rings (SSSR count). The van der Waals surface area contributed by atoms with E-state index < -0.39 is 0 Å². The van der Waals surface area contributed by atoms with Crippen LogP contribution in [0.2, 0.25) is 5.02 Å². The van der Waals surface area contributed by atoms with E-state index in [1.54, 1.807) is 23.1 Å². The SMILES string of the molecule is CCN(C(=O)c1cc(S)ccc1Cl)c1ccccc1. The first-order valence-electron chi connectivity index (χ1n) is 5.99. The van der Waals surface area contributed by atoms with E-state index in [2.05, 4.69) is 12.6 Å². The summed E-state index contributed by atoms with van der Waals surface area (Å²) in [7, 11) is 0. The lowest BCUT2D eigenvalue weighted by molar-refractivity contribution is 0.0988. The van der Waals surface area contributed by atoms with Crippen LogP contribution in [0.5, 0.6) is 0 Å². The Kier molecular flexibility index (Phi) is 4.51. The second-order valence-corrected chi connectivity index (χ2v) is 4.97. The van der Waals surface area contributed by atoms with E-state index in [1.807, 2.05) is 37.3 Å². The Morgan fingerprint density at radius 1 is 1.21 bits per heavy atom. The van der Waals surface area contributed by atoms with Crippen LogP contribution in [0.1, 0.15) is 17.3 Å². The molecule has 2 aromatic carbocycles. The van der Waals surface area contributed by atoms with Crippen molar-refractivity contribution in [1.82, 2.24) is 0 Å². The van der Waals surface area contributed by atoms with Gasteiger partial charge in [-0.15, -0.1) is 12.6 Å².